The van der Waals surface area contributed by atoms with Crippen molar-refractivity contribution < 1.29 is 13.6 Å². The van der Waals surface area contributed by atoms with Gasteiger partial charge in [-0.05, 0) is 35.7 Å². The van der Waals surface area contributed by atoms with E-state index >= 15 is 0 Å². The summed E-state index contributed by atoms with van der Waals surface area (Å²) in [6, 6.07) is 11.2. The molecule has 5 heteroatoms. The maximum atomic E-state index is 13.5. The summed E-state index contributed by atoms with van der Waals surface area (Å²) in [5.41, 5.74) is 2.42. The van der Waals surface area contributed by atoms with Crippen molar-refractivity contribution in [1.82, 2.24) is 10.2 Å². The van der Waals surface area contributed by atoms with Crippen molar-refractivity contribution in [3.05, 3.63) is 70.8 Å². The second-order valence-electron chi connectivity index (χ2n) is 5.67. The predicted octanol–water partition coefficient (Wildman–Crippen LogP) is 2.75. The van der Waals surface area contributed by atoms with Crippen LogP contribution in [0.3, 0.4) is 0 Å². The van der Waals surface area contributed by atoms with Crippen molar-refractivity contribution >= 4 is 5.91 Å². The Bertz CT molecular complexity index is 718. The maximum Gasteiger partial charge on any atom is 0.254 e. The molecule has 0 atom stereocenters. The molecule has 3 rings (SSSR count). The van der Waals surface area contributed by atoms with Crippen LogP contribution in [0.15, 0.2) is 42.5 Å². The first-order valence-electron chi connectivity index (χ1n) is 7.66. The van der Waals surface area contributed by atoms with E-state index in [2.05, 4.69) is 22.3 Å². The lowest BCUT2D eigenvalue weighted by Crippen LogP contribution is -2.38. The van der Waals surface area contributed by atoms with Crippen molar-refractivity contribution in [1.29, 1.82) is 0 Å². The zero-order valence-corrected chi connectivity index (χ0v) is 12.7. The average Bonchev–Trinajstić information content (AvgIpc) is 2.57. The molecule has 0 radical (unpaired) electrons. The zero-order chi connectivity index (χ0) is 16.2. The third kappa shape index (κ3) is 3.74. The topological polar surface area (TPSA) is 32.3 Å². The van der Waals surface area contributed by atoms with E-state index < -0.39 is 17.5 Å². The molecule has 1 aliphatic heterocycles. The van der Waals surface area contributed by atoms with E-state index in [0.29, 0.717) is 13.1 Å². The Labute approximate surface area is 133 Å². The van der Waals surface area contributed by atoms with Gasteiger partial charge in [0.2, 0.25) is 0 Å². The first-order chi connectivity index (χ1) is 11.1. The van der Waals surface area contributed by atoms with E-state index in [1.807, 2.05) is 12.1 Å². The first kappa shape index (κ1) is 15.6. The Kier molecular flexibility index (Phi) is 4.67. The largest absolute Gasteiger partial charge is 0.351 e. The molecule has 0 saturated heterocycles. The lowest BCUT2D eigenvalue weighted by Gasteiger charge is -2.28. The molecule has 1 N–H and O–H groups in total. The molecule has 0 unspecified atom stereocenters. The molecule has 3 nitrogen and oxygen atoms in total. The van der Waals surface area contributed by atoms with E-state index in [1.165, 1.54) is 11.1 Å². The number of hydrogen-bond donors (Lipinski definition) is 1. The average molecular weight is 316 g/mol. The van der Waals surface area contributed by atoms with Crippen LogP contribution in [0.25, 0.3) is 0 Å². The molecule has 0 bridgehead atoms. The number of rotatable bonds is 4. The molecular formula is C18H18F2N2O. The summed E-state index contributed by atoms with van der Waals surface area (Å²) in [5.74, 6) is -1.92. The van der Waals surface area contributed by atoms with Crippen molar-refractivity contribution in [2.45, 2.75) is 13.0 Å². The highest BCUT2D eigenvalue weighted by molar-refractivity contribution is 5.94. The summed E-state index contributed by atoms with van der Waals surface area (Å²) in [5, 5.41) is 2.65. The molecule has 1 amide bonds. The number of carbonyl (C=O) groups is 1. The highest BCUT2D eigenvalue weighted by atomic mass is 19.1. The Morgan fingerprint density at radius 1 is 1.13 bits per heavy atom. The van der Waals surface area contributed by atoms with Gasteiger partial charge in [-0.2, -0.15) is 0 Å². The summed E-state index contributed by atoms with van der Waals surface area (Å²) in [6.45, 7) is 2.86. The number of halogens is 2. The molecule has 0 aliphatic carbocycles. The van der Waals surface area contributed by atoms with Gasteiger partial charge in [0.25, 0.3) is 5.91 Å². The third-order valence-corrected chi connectivity index (χ3v) is 4.10. The molecule has 0 saturated carbocycles. The second-order valence-corrected chi connectivity index (χ2v) is 5.67. The van der Waals surface area contributed by atoms with Gasteiger partial charge in [-0.3, -0.25) is 9.69 Å². The molecular weight excluding hydrogens is 298 g/mol. The molecule has 23 heavy (non-hydrogen) atoms. The standard InChI is InChI=1S/C18H18F2N2O/c19-15-5-6-17(20)16(11-15)18(23)21-8-10-22-9-7-13-3-1-2-4-14(13)12-22/h1-6,11H,7-10,12H2,(H,21,23). The van der Waals surface area contributed by atoms with Crippen LogP contribution in [0.4, 0.5) is 8.78 Å². The summed E-state index contributed by atoms with van der Waals surface area (Å²) in [4.78, 5) is 14.2. The fourth-order valence-corrected chi connectivity index (χ4v) is 2.84. The van der Waals surface area contributed by atoms with Crippen LogP contribution in [-0.4, -0.2) is 30.4 Å². The quantitative estimate of drug-likeness (QED) is 0.941. The Balaban J connectivity index is 1.52. The van der Waals surface area contributed by atoms with Crippen LogP contribution >= 0.6 is 0 Å². The van der Waals surface area contributed by atoms with Crippen LogP contribution in [0.5, 0.6) is 0 Å². The van der Waals surface area contributed by atoms with Gasteiger partial charge in [0, 0.05) is 26.2 Å². The molecule has 2 aromatic carbocycles. The Morgan fingerprint density at radius 3 is 2.74 bits per heavy atom. The third-order valence-electron chi connectivity index (χ3n) is 4.10. The number of nitrogens with zero attached hydrogens (tertiary/aromatic N) is 1. The number of carbonyl (C=O) groups excluding carboxylic acids is 1. The van der Waals surface area contributed by atoms with Gasteiger partial charge in [-0.1, -0.05) is 24.3 Å². The lowest BCUT2D eigenvalue weighted by atomic mass is 10.00. The van der Waals surface area contributed by atoms with Gasteiger partial charge in [-0.25, -0.2) is 8.78 Å². The number of fused-ring (bicyclic) bond motifs is 1. The van der Waals surface area contributed by atoms with Crippen molar-refractivity contribution in [2.24, 2.45) is 0 Å². The summed E-state index contributed by atoms with van der Waals surface area (Å²) in [7, 11) is 0. The van der Waals surface area contributed by atoms with Crippen molar-refractivity contribution in [3.8, 4) is 0 Å². The van der Waals surface area contributed by atoms with Gasteiger partial charge < -0.3 is 5.32 Å². The van der Waals surface area contributed by atoms with Gasteiger partial charge in [0.1, 0.15) is 11.6 Å². The van der Waals surface area contributed by atoms with Gasteiger partial charge in [0.15, 0.2) is 0 Å². The summed E-state index contributed by atoms with van der Waals surface area (Å²) < 4.78 is 26.6. The summed E-state index contributed by atoms with van der Waals surface area (Å²) in [6.07, 6.45) is 0.989. The Hall–Kier alpha value is -2.27. The van der Waals surface area contributed by atoms with Crippen LogP contribution in [0.2, 0.25) is 0 Å². The molecule has 0 spiro atoms. The van der Waals surface area contributed by atoms with Gasteiger partial charge in [-0.15, -0.1) is 0 Å². The minimum absolute atomic E-state index is 0.256. The number of nitrogens with one attached hydrogen (secondary N) is 1. The van der Waals surface area contributed by atoms with Crippen LogP contribution in [-0.2, 0) is 13.0 Å². The predicted molar refractivity (Wildman–Crippen MR) is 84.1 cm³/mol. The van der Waals surface area contributed by atoms with Crippen LogP contribution in [0, 0.1) is 11.6 Å². The smallest absolute Gasteiger partial charge is 0.254 e. The van der Waals surface area contributed by atoms with E-state index in [4.69, 9.17) is 0 Å². The number of amides is 1. The first-order valence-corrected chi connectivity index (χ1v) is 7.66. The minimum atomic E-state index is -0.712. The molecule has 0 aromatic heterocycles. The molecule has 2 aromatic rings. The fourth-order valence-electron chi connectivity index (χ4n) is 2.84. The van der Waals surface area contributed by atoms with Crippen molar-refractivity contribution in [3.63, 3.8) is 0 Å². The molecule has 1 heterocycles. The fraction of sp³-hybridized carbons (Fsp3) is 0.278. The molecule has 0 fully saturated rings. The normalized spacial score (nSPS) is 14.3. The van der Waals surface area contributed by atoms with Gasteiger partial charge >= 0.3 is 0 Å². The minimum Gasteiger partial charge on any atom is -0.351 e. The highest BCUT2D eigenvalue weighted by Crippen LogP contribution is 2.17. The van der Waals surface area contributed by atoms with E-state index in [1.54, 1.807) is 0 Å². The number of benzene rings is 2. The van der Waals surface area contributed by atoms with Crippen LogP contribution < -0.4 is 5.32 Å². The highest BCUT2D eigenvalue weighted by Gasteiger charge is 2.16. The monoisotopic (exact) mass is 316 g/mol. The van der Waals surface area contributed by atoms with E-state index in [0.717, 1.165) is 37.7 Å². The maximum absolute atomic E-state index is 13.5. The molecule has 120 valence electrons. The Morgan fingerprint density at radius 2 is 1.91 bits per heavy atom. The van der Waals surface area contributed by atoms with Crippen molar-refractivity contribution in [2.75, 3.05) is 19.6 Å². The summed E-state index contributed by atoms with van der Waals surface area (Å²) >= 11 is 0. The van der Waals surface area contributed by atoms with Crippen LogP contribution in [0.1, 0.15) is 21.5 Å². The zero-order valence-electron chi connectivity index (χ0n) is 12.7. The lowest BCUT2D eigenvalue weighted by molar-refractivity contribution is 0.0942. The van der Waals surface area contributed by atoms with E-state index in [9.17, 15) is 13.6 Å². The second kappa shape index (κ2) is 6.87. The molecule has 1 aliphatic rings. The van der Waals surface area contributed by atoms with E-state index in [-0.39, 0.29) is 5.56 Å². The number of hydrogen-bond acceptors (Lipinski definition) is 2. The van der Waals surface area contributed by atoms with Gasteiger partial charge in [0.05, 0.1) is 5.56 Å². The SMILES string of the molecule is O=C(NCCN1CCc2ccccc2C1)c1cc(F)ccc1F.